The van der Waals surface area contributed by atoms with Crippen molar-refractivity contribution in [1.82, 2.24) is 5.32 Å². The molecule has 0 radical (unpaired) electrons. The van der Waals surface area contributed by atoms with Crippen LogP contribution in [0.15, 0.2) is 30.3 Å². The fraction of sp³-hybridized carbons (Fsp3) is 0.500. The summed E-state index contributed by atoms with van der Waals surface area (Å²) >= 11 is 0. The summed E-state index contributed by atoms with van der Waals surface area (Å²) in [6, 6.07) is 8.16. The van der Waals surface area contributed by atoms with Gasteiger partial charge in [-0.2, -0.15) is 13.2 Å². The number of carbonyl (C=O) groups excluding carboxylic acids is 1. The Labute approximate surface area is 123 Å². The monoisotopic (exact) mass is 319 g/mol. The average Bonchev–Trinajstić information content (AvgIpc) is 2.34. The molecule has 2 atom stereocenters. The Morgan fingerprint density at radius 2 is 1.71 bits per heavy atom. The molecule has 0 aliphatic rings. The van der Waals surface area contributed by atoms with Crippen LogP contribution < -0.4 is 5.32 Å². The zero-order chi connectivity index (χ0) is 16.3. The Hall–Kier alpha value is -1.34. The van der Waals surface area contributed by atoms with E-state index in [0.29, 0.717) is 0 Å². The molecular weight excluding hydrogens is 299 g/mol. The first-order valence-corrected chi connectivity index (χ1v) is 10.0. The molecule has 21 heavy (non-hydrogen) atoms. The van der Waals surface area contributed by atoms with Gasteiger partial charge in [0.05, 0.1) is 12.1 Å². The molecule has 0 bridgehead atoms. The molecule has 1 rings (SSSR count). The number of hydrogen-bond donors (Lipinski definition) is 1. The lowest BCUT2D eigenvalue weighted by atomic mass is 10.0. The lowest BCUT2D eigenvalue weighted by molar-refractivity contribution is -0.174. The van der Waals surface area contributed by atoms with Crippen molar-refractivity contribution in [3.63, 3.8) is 0 Å². The molecule has 118 valence electrons. The van der Waals surface area contributed by atoms with E-state index in [0.717, 1.165) is 5.56 Å². The highest BCUT2D eigenvalue weighted by Gasteiger charge is 2.40. The van der Waals surface area contributed by atoms with Crippen LogP contribution in [0.25, 0.3) is 0 Å². The number of benzene rings is 1. The molecule has 0 unspecified atom stereocenters. The third-order valence-electron chi connectivity index (χ3n) is 2.68. The number of hydrogen-bond acceptors (Lipinski definition) is 2. The summed E-state index contributed by atoms with van der Waals surface area (Å²) in [4.78, 5) is 11.1. The molecule has 0 aliphatic carbocycles. The predicted octanol–water partition coefficient (Wildman–Crippen LogP) is 3.65. The van der Waals surface area contributed by atoms with Gasteiger partial charge in [-0.1, -0.05) is 30.3 Å². The van der Waals surface area contributed by atoms with Gasteiger partial charge in [0.1, 0.15) is 0 Å². The molecule has 1 amide bonds. The SMILES string of the molecule is C[C@H](NC(=O)C(F)(F)F)[C@H](O[Si](C)(C)C)c1ccccc1. The number of rotatable bonds is 5. The molecule has 1 aromatic carbocycles. The minimum absolute atomic E-state index is 0.607. The van der Waals surface area contributed by atoms with Crippen LogP contribution in [0.1, 0.15) is 18.6 Å². The minimum Gasteiger partial charge on any atom is -0.409 e. The second kappa shape index (κ2) is 6.61. The predicted molar refractivity (Wildman–Crippen MR) is 77.3 cm³/mol. The van der Waals surface area contributed by atoms with Gasteiger partial charge in [-0.05, 0) is 32.1 Å². The van der Waals surface area contributed by atoms with Crippen LogP contribution in [0, 0.1) is 0 Å². The normalized spacial score (nSPS) is 15.4. The summed E-state index contributed by atoms with van der Waals surface area (Å²) in [7, 11) is -2.00. The number of amides is 1. The smallest absolute Gasteiger partial charge is 0.409 e. The highest BCUT2D eigenvalue weighted by Crippen LogP contribution is 2.26. The third kappa shape index (κ3) is 5.89. The van der Waals surface area contributed by atoms with Gasteiger partial charge < -0.3 is 9.74 Å². The zero-order valence-corrected chi connectivity index (χ0v) is 13.5. The second-order valence-electron chi connectivity index (χ2n) is 5.82. The Bertz CT molecular complexity index is 471. The van der Waals surface area contributed by atoms with Crippen LogP contribution in [0.4, 0.5) is 13.2 Å². The summed E-state index contributed by atoms with van der Waals surface area (Å²) < 4.78 is 43.1. The molecular formula is C14H20F3NO2Si. The van der Waals surface area contributed by atoms with Crippen molar-refractivity contribution in [2.24, 2.45) is 0 Å². The summed E-state index contributed by atoms with van der Waals surface area (Å²) in [6.07, 6.45) is -5.50. The van der Waals surface area contributed by atoms with E-state index in [1.165, 1.54) is 6.92 Å². The Morgan fingerprint density at radius 1 is 1.19 bits per heavy atom. The van der Waals surface area contributed by atoms with E-state index in [4.69, 9.17) is 4.43 Å². The van der Waals surface area contributed by atoms with Crippen LogP contribution in [-0.2, 0) is 9.22 Å². The van der Waals surface area contributed by atoms with E-state index in [-0.39, 0.29) is 0 Å². The van der Waals surface area contributed by atoms with Crippen LogP contribution >= 0.6 is 0 Å². The highest BCUT2D eigenvalue weighted by molar-refractivity contribution is 6.69. The van der Waals surface area contributed by atoms with Gasteiger partial charge in [0.15, 0.2) is 8.32 Å². The van der Waals surface area contributed by atoms with Crippen molar-refractivity contribution in [1.29, 1.82) is 0 Å². The Balaban J connectivity index is 2.94. The summed E-state index contributed by atoms with van der Waals surface area (Å²) in [5.74, 6) is -1.95. The largest absolute Gasteiger partial charge is 0.471 e. The Kier molecular flexibility index (Phi) is 5.58. The molecule has 7 heteroatoms. The Morgan fingerprint density at radius 3 is 2.14 bits per heavy atom. The first-order valence-electron chi connectivity index (χ1n) is 6.61. The molecule has 0 fully saturated rings. The van der Waals surface area contributed by atoms with E-state index >= 15 is 0 Å². The molecule has 1 aromatic rings. The standard InChI is InChI=1S/C14H20F3NO2Si/c1-10(18-13(19)14(15,16)17)12(20-21(2,3)4)11-8-6-5-7-9-11/h5-10,12H,1-4H3,(H,18,19)/t10-,12-/m0/s1. The second-order valence-corrected chi connectivity index (χ2v) is 10.3. The van der Waals surface area contributed by atoms with Gasteiger partial charge in [-0.3, -0.25) is 4.79 Å². The van der Waals surface area contributed by atoms with Crippen molar-refractivity contribution in [3.05, 3.63) is 35.9 Å². The van der Waals surface area contributed by atoms with Crippen LogP contribution in [0.2, 0.25) is 19.6 Å². The molecule has 1 N–H and O–H groups in total. The van der Waals surface area contributed by atoms with Gasteiger partial charge in [-0.25, -0.2) is 0 Å². The quantitative estimate of drug-likeness (QED) is 0.841. The van der Waals surface area contributed by atoms with Crippen molar-refractivity contribution in [2.45, 2.75) is 44.9 Å². The van der Waals surface area contributed by atoms with Crippen molar-refractivity contribution < 1.29 is 22.4 Å². The first kappa shape index (κ1) is 17.7. The number of nitrogens with one attached hydrogen (secondary N) is 1. The lowest BCUT2D eigenvalue weighted by Crippen LogP contribution is -2.46. The van der Waals surface area contributed by atoms with E-state index in [1.54, 1.807) is 24.3 Å². The van der Waals surface area contributed by atoms with Gasteiger partial charge >= 0.3 is 12.1 Å². The van der Waals surface area contributed by atoms with Gasteiger partial charge in [0.2, 0.25) is 0 Å². The van der Waals surface area contributed by atoms with Crippen LogP contribution in [0.3, 0.4) is 0 Å². The topological polar surface area (TPSA) is 38.3 Å². The summed E-state index contributed by atoms with van der Waals surface area (Å²) in [5, 5.41) is 1.97. The van der Waals surface area contributed by atoms with Crippen LogP contribution in [-0.4, -0.2) is 26.4 Å². The summed E-state index contributed by atoms with van der Waals surface area (Å²) in [5.41, 5.74) is 0.745. The van der Waals surface area contributed by atoms with Crippen LogP contribution in [0.5, 0.6) is 0 Å². The number of alkyl halides is 3. The zero-order valence-electron chi connectivity index (χ0n) is 12.5. The van der Waals surface area contributed by atoms with Crippen molar-refractivity contribution in [2.75, 3.05) is 0 Å². The number of carbonyl (C=O) groups is 1. The fourth-order valence-electron chi connectivity index (χ4n) is 1.85. The highest BCUT2D eigenvalue weighted by atomic mass is 28.4. The summed E-state index contributed by atoms with van der Waals surface area (Å²) in [6.45, 7) is 7.35. The van der Waals surface area contributed by atoms with E-state index < -0.39 is 32.5 Å². The molecule has 0 heterocycles. The molecule has 0 saturated carbocycles. The maximum Gasteiger partial charge on any atom is 0.471 e. The van der Waals surface area contributed by atoms with E-state index in [1.807, 2.05) is 31.0 Å². The van der Waals surface area contributed by atoms with Gasteiger partial charge in [0.25, 0.3) is 0 Å². The molecule has 0 spiro atoms. The van der Waals surface area contributed by atoms with E-state index in [2.05, 4.69) is 0 Å². The van der Waals surface area contributed by atoms with Crippen molar-refractivity contribution >= 4 is 14.2 Å². The van der Waals surface area contributed by atoms with Gasteiger partial charge in [-0.15, -0.1) is 0 Å². The third-order valence-corrected chi connectivity index (χ3v) is 3.64. The lowest BCUT2D eigenvalue weighted by Gasteiger charge is -2.31. The maximum absolute atomic E-state index is 12.4. The number of halogens is 3. The fourth-order valence-corrected chi connectivity index (χ4v) is 2.95. The maximum atomic E-state index is 12.4. The van der Waals surface area contributed by atoms with Crippen molar-refractivity contribution in [3.8, 4) is 0 Å². The molecule has 0 aromatic heterocycles. The average molecular weight is 319 g/mol. The molecule has 3 nitrogen and oxygen atoms in total. The molecule has 0 aliphatic heterocycles. The van der Waals surface area contributed by atoms with E-state index in [9.17, 15) is 18.0 Å². The van der Waals surface area contributed by atoms with Gasteiger partial charge in [0, 0.05) is 0 Å². The first-order chi connectivity index (χ1) is 9.50. The molecule has 0 saturated heterocycles. The minimum atomic E-state index is -4.89.